The number of allylic oxidation sites excluding steroid dienone is 2. The maximum absolute atomic E-state index is 2.62. The molecule has 3 unspecified atom stereocenters. The Bertz CT molecular complexity index is 2310. The molecule has 1 spiro atoms. The van der Waals surface area contributed by atoms with Crippen LogP contribution in [0.2, 0.25) is 0 Å². The molecule has 0 N–H and O–H groups in total. The van der Waals surface area contributed by atoms with Gasteiger partial charge in [-0.05, 0) is 118 Å². The molecular weight excluding hydrogens is 591 g/mol. The van der Waals surface area contributed by atoms with Crippen LogP contribution in [-0.4, -0.2) is 0 Å². The van der Waals surface area contributed by atoms with E-state index in [1.54, 1.807) is 5.57 Å². The van der Waals surface area contributed by atoms with E-state index in [-0.39, 0.29) is 10.8 Å². The Labute approximate surface area is 290 Å². The Balaban J connectivity index is 1.22. The van der Waals surface area contributed by atoms with Gasteiger partial charge in [0.05, 0.1) is 5.69 Å². The SMILES string of the molecule is CC1CC2CC=C(C2)C12c1cc(-c3ccccc3)ccc1-c1ccc(N(c3ccccc3)c3cccc4c3-c3ccccc3C4(C)C)cc12. The van der Waals surface area contributed by atoms with Crippen LogP contribution in [0.1, 0.15) is 62.3 Å². The number of nitrogens with zero attached hydrogens (tertiary/aromatic N) is 1. The quantitative estimate of drug-likeness (QED) is 0.175. The Morgan fingerprint density at radius 2 is 1.27 bits per heavy atom. The van der Waals surface area contributed by atoms with Crippen LogP contribution in [-0.2, 0) is 10.8 Å². The first-order valence-corrected chi connectivity index (χ1v) is 18.1. The lowest BCUT2D eigenvalue weighted by Crippen LogP contribution is -2.39. The Morgan fingerprint density at radius 1 is 0.571 bits per heavy atom. The molecule has 10 rings (SSSR count). The Hall–Kier alpha value is -5.14. The fourth-order valence-electron chi connectivity index (χ4n) is 10.4. The number of benzene rings is 6. The lowest BCUT2D eigenvalue weighted by atomic mass is 9.58. The molecule has 0 amide bonds. The Kier molecular flexibility index (Phi) is 6.14. The molecule has 0 radical (unpaired) electrons. The number of para-hydroxylation sites is 1. The molecule has 0 aromatic heterocycles. The summed E-state index contributed by atoms with van der Waals surface area (Å²) in [6.07, 6.45) is 6.31. The summed E-state index contributed by atoms with van der Waals surface area (Å²) in [4.78, 5) is 2.53. The molecule has 1 fully saturated rings. The number of rotatable bonds is 4. The normalized spacial score (nSPS) is 21.9. The van der Waals surface area contributed by atoms with Gasteiger partial charge < -0.3 is 4.90 Å². The second-order valence-electron chi connectivity index (χ2n) is 15.4. The van der Waals surface area contributed by atoms with Gasteiger partial charge in [-0.3, -0.25) is 0 Å². The van der Waals surface area contributed by atoms with Gasteiger partial charge in [0.25, 0.3) is 0 Å². The molecule has 0 heterocycles. The van der Waals surface area contributed by atoms with E-state index in [0.29, 0.717) is 5.92 Å². The first kappa shape index (κ1) is 28.8. The van der Waals surface area contributed by atoms with Gasteiger partial charge in [-0.1, -0.05) is 136 Å². The van der Waals surface area contributed by atoms with Crippen LogP contribution in [0.3, 0.4) is 0 Å². The third-order valence-corrected chi connectivity index (χ3v) is 12.5. The Morgan fingerprint density at radius 3 is 2.08 bits per heavy atom. The monoisotopic (exact) mass is 631 g/mol. The molecule has 4 aliphatic rings. The molecule has 2 bridgehead atoms. The summed E-state index contributed by atoms with van der Waals surface area (Å²) in [5, 5.41) is 0. The highest BCUT2D eigenvalue weighted by Crippen LogP contribution is 2.64. The smallest absolute Gasteiger partial charge is 0.0543 e. The highest BCUT2D eigenvalue weighted by Gasteiger charge is 2.54. The van der Waals surface area contributed by atoms with Gasteiger partial charge >= 0.3 is 0 Å². The van der Waals surface area contributed by atoms with E-state index < -0.39 is 0 Å². The van der Waals surface area contributed by atoms with Gasteiger partial charge in [0.2, 0.25) is 0 Å². The van der Waals surface area contributed by atoms with E-state index in [1.807, 2.05) is 0 Å². The number of fused-ring (bicyclic) bond motifs is 11. The van der Waals surface area contributed by atoms with Crippen molar-refractivity contribution in [2.75, 3.05) is 4.90 Å². The molecule has 1 heteroatoms. The van der Waals surface area contributed by atoms with Crippen LogP contribution in [0.25, 0.3) is 33.4 Å². The average molecular weight is 632 g/mol. The van der Waals surface area contributed by atoms with E-state index in [9.17, 15) is 0 Å². The molecule has 4 aliphatic carbocycles. The van der Waals surface area contributed by atoms with E-state index >= 15 is 0 Å². The second kappa shape index (κ2) is 10.4. The minimum Gasteiger partial charge on any atom is -0.310 e. The lowest BCUT2D eigenvalue weighted by Gasteiger charge is -2.44. The number of hydrogen-bond acceptors (Lipinski definition) is 1. The summed E-state index contributed by atoms with van der Waals surface area (Å²) in [7, 11) is 0. The molecule has 3 atom stereocenters. The number of anilines is 3. The highest BCUT2D eigenvalue weighted by atomic mass is 15.1. The van der Waals surface area contributed by atoms with Crippen molar-refractivity contribution in [2.45, 2.75) is 50.9 Å². The topological polar surface area (TPSA) is 3.24 Å². The van der Waals surface area contributed by atoms with Gasteiger partial charge in [-0.15, -0.1) is 0 Å². The van der Waals surface area contributed by atoms with Crippen LogP contribution in [0.4, 0.5) is 17.1 Å². The maximum Gasteiger partial charge on any atom is 0.0543 e. The van der Waals surface area contributed by atoms with E-state index in [0.717, 1.165) is 5.92 Å². The van der Waals surface area contributed by atoms with Crippen molar-refractivity contribution in [3.05, 3.63) is 173 Å². The van der Waals surface area contributed by atoms with Gasteiger partial charge in [0.15, 0.2) is 0 Å². The van der Waals surface area contributed by atoms with Gasteiger partial charge in [0.1, 0.15) is 0 Å². The standard InChI is InChI=1S/C48H41N/c1-31-27-32-21-23-35(28-32)48(31)43-29-34(33-13-6-4-7-14-33)22-25-38(43)39-26-24-37(30-44(39)48)49(36-15-8-5-9-16-36)45-20-12-19-42-46(45)40-17-10-11-18-41(40)47(42,2)3/h4-20,22-26,29-32H,21,27-28H2,1-3H3. The van der Waals surface area contributed by atoms with Crippen LogP contribution < -0.4 is 4.90 Å². The third-order valence-electron chi connectivity index (χ3n) is 12.5. The first-order valence-electron chi connectivity index (χ1n) is 18.1. The molecule has 1 saturated carbocycles. The zero-order valence-corrected chi connectivity index (χ0v) is 28.6. The second-order valence-corrected chi connectivity index (χ2v) is 15.4. The van der Waals surface area contributed by atoms with E-state index in [1.165, 1.54) is 92.0 Å². The van der Waals surface area contributed by atoms with Crippen LogP contribution >= 0.6 is 0 Å². The van der Waals surface area contributed by atoms with Crippen molar-refractivity contribution in [3.8, 4) is 33.4 Å². The maximum atomic E-state index is 2.62. The predicted molar refractivity (Wildman–Crippen MR) is 205 cm³/mol. The van der Waals surface area contributed by atoms with E-state index in [2.05, 4.69) is 171 Å². The van der Waals surface area contributed by atoms with Crippen LogP contribution in [0, 0.1) is 11.8 Å². The van der Waals surface area contributed by atoms with Crippen LogP contribution in [0.5, 0.6) is 0 Å². The summed E-state index contributed by atoms with van der Waals surface area (Å²) in [6.45, 7) is 7.28. The zero-order valence-electron chi connectivity index (χ0n) is 28.6. The first-order chi connectivity index (χ1) is 24.0. The van der Waals surface area contributed by atoms with Gasteiger partial charge in [0, 0.05) is 27.8 Å². The van der Waals surface area contributed by atoms with E-state index in [4.69, 9.17) is 0 Å². The molecule has 49 heavy (non-hydrogen) atoms. The summed E-state index contributed by atoms with van der Waals surface area (Å²) >= 11 is 0. The largest absolute Gasteiger partial charge is 0.310 e. The summed E-state index contributed by atoms with van der Waals surface area (Å²) in [6, 6.07) is 52.6. The third kappa shape index (κ3) is 3.93. The summed E-state index contributed by atoms with van der Waals surface area (Å²) in [5.74, 6) is 1.29. The van der Waals surface area contributed by atoms with Crippen molar-refractivity contribution < 1.29 is 0 Å². The minimum absolute atomic E-state index is 0.0621. The zero-order chi connectivity index (χ0) is 32.9. The van der Waals surface area contributed by atoms with Crippen molar-refractivity contribution in [1.29, 1.82) is 0 Å². The van der Waals surface area contributed by atoms with Crippen molar-refractivity contribution in [2.24, 2.45) is 11.8 Å². The fourth-order valence-corrected chi connectivity index (χ4v) is 10.4. The van der Waals surface area contributed by atoms with Crippen molar-refractivity contribution in [3.63, 3.8) is 0 Å². The minimum atomic E-state index is -0.117. The summed E-state index contributed by atoms with van der Waals surface area (Å²) < 4.78 is 0. The van der Waals surface area contributed by atoms with Gasteiger partial charge in [-0.2, -0.15) is 0 Å². The van der Waals surface area contributed by atoms with Crippen molar-refractivity contribution >= 4 is 17.1 Å². The molecule has 6 aromatic carbocycles. The molecule has 6 aromatic rings. The van der Waals surface area contributed by atoms with Crippen LogP contribution in [0.15, 0.2) is 151 Å². The lowest BCUT2D eigenvalue weighted by molar-refractivity contribution is 0.273. The van der Waals surface area contributed by atoms with Crippen molar-refractivity contribution in [1.82, 2.24) is 0 Å². The molecular formula is C48H41N. The summed E-state index contributed by atoms with van der Waals surface area (Å²) in [5.41, 5.74) is 19.0. The predicted octanol–water partition coefficient (Wildman–Crippen LogP) is 12.8. The van der Waals surface area contributed by atoms with Gasteiger partial charge in [-0.25, -0.2) is 0 Å². The molecule has 238 valence electrons. The number of hydrogen-bond donors (Lipinski definition) is 0. The molecule has 0 saturated heterocycles. The average Bonchev–Trinajstić information content (AvgIpc) is 3.75. The fraction of sp³-hybridized carbons (Fsp3) is 0.208. The molecule has 0 aliphatic heterocycles. The molecule has 1 nitrogen and oxygen atoms in total. The highest BCUT2D eigenvalue weighted by molar-refractivity contribution is 5.96.